The fourth-order valence-corrected chi connectivity index (χ4v) is 4.11. The highest BCUT2D eigenvalue weighted by atomic mass is 16.3. The standard InChI is InChI=1S/C31H24O/c32-31(27-15-6-2-7-16-27,28-17-8-3-9-18-28)23-22-24-12-10-11-19-29(24)30(26-20-21-26)25-13-4-1-5-14-25/h1-19,32H,20-21H2. The summed E-state index contributed by atoms with van der Waals surface area (Å²) in [6.07, 6.45) is 2.26. The molecule has 154 valence electrons. The second-order valence-electron chi connectivity index (χ2n) is 8.08. The van der Waals surface area contributed by atoms with Crippen LogP contribution in [-0.4, -0.2) is 5.11 Å². The van der Waals surface area contributed by atoms with Gasteiger partial charge in [-0.3, -0.25) is 0 Å². The zero-order valence-electron chi connectivity index (χ0n) is 17.8. The predicted octanol–water partition coefficient (Wildman–Crippen LogP) is 6.57. The first kappa shape index (κ1) is 20.1. The summed E-state index contributed by atoms with van der Waals surface area (Å²) < 4.78 is 0. The molecule has 1 fully saturated rings. The average Bonchev–Trinajstić information content (AvgIpc) is 3.70. The Bertz CT molecular complexity index is 1260. The van der Waals surface area contributed by atoms with Crippen LogP contribution in [0, 0.1) is 11.8 Å². The first-order valence-corrected chi connectivity index (χ1v) is 11.0. The Balaban J connectivity index is 1.64. The van der Waals surface area contributed by atoms with Gasteiger partial charge in [0.1, 0.15) is 0 Å². The zero-order valence-corrected chi connectivity index (χ0v) is 17.8. The molecule has 1 heteroatoms. The lowest BCUT2D eigenvalue weighted by molar-refractivity contribution is 0.145. The summed E-state index contributed by atoms with van der Waals surface area (Å²) in [4.78, 5) is 0. The highest BCUT2D eigenvalue weighted by Gasteiger charge is 2.29. The smallest absolute Gasteiger partial charge is 0.177 e. The van der Waals surface area contributed by atoms with Crippen LogP contribution in [-0.2, 0) is 5.60 Å². The number of hydrogen-bond donors (Lipinski definition) is 1. The number of allylic oxidation sites excluding steroid dienone is 1. The third-order valence-corrected chi connectivity index (χ3v) is 5.87. The van der Waals surface area contributed by atoms with Gasteiger partial charge in [0.2, 0.25) is 0 Å². The van der Waals surface area contributed by atoms with Crippen LogP contribution < -0.4 is 0 Å². The lowest BCUT2D eigenvalue weighted by Gasteiger charge is -2.23. The average molecular weight is 413 g/mol. The molecule has 4 aromatic rings. The molecule has 0 aromatic heterocycles. The second kappa shape index (κ2) is 8.71. The van der Waals surface area contributed by atoms with Crippen LogP contribution in [0.5, 0.6) is 0 Å². The normalized spacial score (nSPS) is 12.6. The zero-order chi connectivity index (χ0) is 21.8. The molecular formula is C31H24O. The first-order chi connectivity index (χ1) is 15.8. The maximum atomic E-state index is 11.8. The molecule has 32 heavy (non-hydrogen) atoms. The van der Waals surface area contributed by atoms with Crippen molar-refractivity contribution in [3.8, 4) is 11.8 Å². The SMILES string of the molecule is OC(C#Cc1ccccc1C(=C1CC1)c1ccccc1)(c1ccccc1)c1ccccc1. The molecule has 1 saturated carbocycles. The lowest BCUT2D eigenvalue weighted by Crippen LogP contribution is -2.25. The topological polar surface area (TPSA) is 20.2 Å². The lowest BCUT2D eigenvalue weighted by atomic mass is 9.86. The Labute approximate surface area is 189 Å². The molecule has 0 amide bonds. The van der Waals surface area contributed by atoms with E-state index in [0.717, 1.165) is 35.1 Å². The molecule has 1 aliphatic rings. The van der Waals surface area contributed by atoms with Gasteiger partial charge in [0.05, 0.1) is 0 Å². The monoisotopic (exact) mass is 412 g/mol. The van der Waals surface area contributed by atoms with Gasteiger partial charge >= 0.3 is 0 Å². The fraction of sp³-hybridized carbons (Fsp3) is 0.0968. The maximum Gasteiger partial charge on any atom is 0.177 e. The molecule has 0 atom stereocenters. The van der Waals surface area contributed by atoms with Crippen molar-refractivity contribution < 1.29 is 5.11 Å². The van der Waals surface area contributed by atoms with Gasteiger partial charge < -0.3 is 5.11 Å². The van der Waals surface area contributed by atoms with Crippen molar-refractivity contribution in [3.05, 3.63) is 149 Å². The van der Waals surface area contributed by atoms with Crippen molar-refractivity contribution in [2.24, 2.45) is 0 Å². The van der Waals surface area contributed by atoms with E-state index in [1.165, 1.54) is 16.7 Å². The number of benzene rings is 4. The van der Waals surface area contributed by atoms with Crippen molar-refractivity contribution in [2.75, 3.05) is 0 Å². The largest absolute Gasteiger partial charge is 0.369 e. The number of aliphatic hydroxyl groups is 1. The van der Waals surface area contributed by atoms with Gasteiger partial charge in [-0.05, 0) is 35.6 Å². The minimum absolute atomic E-state index is 0.764. The summed E-state index contributed by atoms with van der Waals surface area (Å²) in [5.74, 6) is 6.58. The summed E-state index contributed by atoms with van der Waals surface area (Å²) in [6.45, 7) is 0. The van der Waals surface area contributed by atoms with Crippen molar-refractivity contribution in [1.29, 1.82) is 0 Å². The molecule has 1 nitrogen and oxygen atoms in total. The maximum absolute atomic E-state index is 11.8. The molecule has 0 bridgehead atoms. The third-order valence-electron chi connectivity index (χ3n) is 5.87. The minimum Gasteiger partial charge on any atom is -0.369 e. The van der Waals surface area contributed by atoms with E-state index in [4.69, 9.17) is 0 Å². The van der Waals surface area contributed by atoms with E-state index >= 15 is 0 Å². The van der Waals surface area contributed by atoms with Crippen molar-refractivity contribution in [2.45, 2.75) is 18.4 Å². The van der Waals surface area contributed by atoms with Gasteiger partial charge in [-0.1, -0.05) is 127 Å². The number of hydrogen-bond acceptors (Lipinski definition) is 1. The Kier molecular flexibility index (Phi) is 5.46. The van der Waals surface area contributed by atoms with E-state index in [0.29, 0.717) is 0 Å². The van der Waals surface area contributed by atoms with Crippen LogP contribution in [0.15, 0.2) is 121 Å². The van der Waals surface area contributed by atoms with Crippen molar-refractivity contribution in [3.63, 3.8) is 0 Å². The van der Waals surface area contributed by atoms with Crippen LogP contribution in [0.3, 0.4) is 0 Å². The summed E-state index contributed by atoms with van der Waals surface area (Å²) in [5.41, 5.74) is 6.15. The fourth-order valence-electron chi connectivity index (χ4n) is 4.11. The molecular weight excluding hydrogens is 388 g/mol. The minimum atomic E-state index is -1.39. The third kappa shape index (κ3) is 4.02. The van der Waals surface area contributed by atoms with E-state index in [-0.39, 0.29) is 0 Å². The van der Waals surface area contributed by atoms with Gasteiger partial charge in [-0.25, -0.2) is 0 Å². The summed E-state index contributed by atoms with van der Waals surface area (Å²) >= 11 is 0. The van der Waals surface area contributed by atoms with Gasteiger partial charge in [-0.2, -0.15) is 0 Å². The molecule has 0 unspecified atom stereocenters. The Hall–Kier alpha value is -3.86. The van der Waals surface area contributed by atoms with Gasteiger partial charge in [0.15, 0.2) is 5.60 Å². The van der Waals surface area contributed by atoms with Crippen molar-refractivity contribution in [1.82, 2.24) is 0 Å². The summed E-state index contributed by atoms with van der Waals surface area (Å²) in [5, 5.41) is 11.8. The molecule has 0 heterocycles. The Morgan fingerprint density at radius 2 is 1.12 bits per heavy atom. The van der Waals surface area contributed by atoms with Crippen LogP contribution in [0.25, 0.3) is 5.57 Å². The predicted molar refractivity (Wildman–Crippen MR) is 131 cm³/mol. The summed E-state index contributed by atoms with van der Waals surface area (Å²) in [6, 6.07) is 38.1. The quantitative estimate of drug-likeness (QED) is 0.376. The molecule has 0 radical (unpaired) electrons. The molecule has 1 N–H and O–H groups in total. The van der Waals surface area contributed by atoms with E-state index in [1.807, 2.05) is 78.9 Å². The molecule has 0 spiro atoms. The van der Waals surface area contributed by atoms with Gasteiger partial charge in [0, 0.05) is 16.7 Å². The van der Waals surface area contributed by atoms with Crippen LogP contribution >= 0.6 is 0 Å². The van der Waals surface area contributed by atoms with E-state index in [1.54, 1.807) is 0 Å². The van der Waals surface area contributed by atoms with Crippen molar-refractivity contribution >= 4 is 5.57 Å². The molecule has 5 rings (SSSR count). The second-order valence-corrected chi connectivity index (χ2v) is 8.08. The Morgan fingerprint density at radius 1 is 0.625 bits per heavy atom. The van der Waals surface area contributed by atoms with E-state index < -0.39 is 5.60 Å². The number of rotatable bonds is 4. The van der Waals surface area contributed by atoms with E-state index in [2.05, 4.69) is 48.2 Å². The van der Waals surface area contributed by atoms with Crippen LogP contribution in [0.4, 0.5) is 0 Å². The highest BCUT2D eigenvalue weighted by molar-refractivity contribution is 5.86. The first-order valence-electron chi connectivity index (χ1n) is 11.0. The van der Waals surface area contributed by atoms with Gasteiger partial charge in [0.25, 0.3) is 0 Å². The molecule has 0 aliphatic heterocycles. The van der Waals surface area contributed by atoms with Crippen LogP contribution in [0.1, 0.15) is 40.7 Å². The van der Waals surface area contributed by atoms with Crippen LogP contribution in [0.2, 0.25) is 0 Å². The molecule has 1 aliphatic carbocycles. The highest BCUT2D eigenvalue weighted by Crippen LogP contribution is 2.41. The van der Waals surface area contributed by atoms with Gasteiger partial charge in [-0.15, -0.1) is 0 Å². The Morgan fingerprint density at radius 3 is 1.69 bits per heavy atom. The molecule has 4 aromatic carbocycles. The summed E-state index contributed by atoms with van der Waals surface area (Å²) in [7, 11) is 0. The molecule has 0 saturated heterocycles. The van der Waals surface area contributed by atoms with E-state index in [9.17, 15) is 5.11 Å².